The Bertz CT molecular complexity index is 615. The number of rotatable bonds is 3. The number of nitrogens with two attached hydrogens (primary N) is 1. The Kier molecular flexibility index (Phi) is 3.98. The minimum Gasteiger partial charge on any atom is -0.337 e. The van der Waals surface area contributed by atoms with Crippen molar-refractivity contribution >= 4 is 31.9 Å². The van der Waals surface area contributed by atoms with Crippen molar-refractivity contribution in [3.8, 4) is 0 Å². The predicted molar refractivity (Wildman–Crippen MR) is 75.8 cm³/mol. The molecule has 1 atom stereocenters. The van der Waals surface area contributed by atoms with Crippen LogP contribution in [0.1, 0.15) is 17.5 Å². The highest BCUT2D eigenvalue weighted by atomic mass is 79.9. The zero-order valence-electron chi connectivity index (χ0n) is 10.5. The second-order valence-corrected chi connectivity index (χ2v) is 7.52. The fourth-order valence-corrected chi connectivity index (χ4v) is 3.39. The smallest absolute Gasteiger partial charge is 0.224 e. The first-order valence-corrected chi connectivity index (χ1v) is 8.22. The normalized spacial score (nSPS) is 20.1. The maximum atomic E-state index is 11.8. The van der Waals surface area contributed by atoms with Crippen LogP contribution in [0.25, 0.3) is 0 Å². The van der Waals surface area contributed by atoms with E-state index in [0.717, 1.165) is 15.6 Å². The molecule has 0 aliphatic carbocycles. The molecular formula is C12H15BrN2O3S. The van der Waals surface area contributed by atoms with Gasteiger partial charge in [0.15, 0.2) is 0 Å². The molecule has 2 rings (SSSR count). The summed E-state index contributed by atoms with van der Waals surface area (Å²) in [7, 11) is -3.65. The van der Waals surface area contributed by atoms with Crippen molar-refractivity contribution in [2.45, 2.75) is 25.1 Å². The molecule has 0 bridgehead atoms. The van der Waals surface area contributed by atoms with E-state index in [2.05, 4.69) is 15.9 Å². The number of nitrogens with zero attached hydrogens (tertiary/aromatic N) is 1. The molecule has 19 heavy (non-hydrogen) atoms. The van der Waals surface area contributed by atoms with Crippen molar-refractivity contribution < 1.29 is 13.2 Å². The van der Waals surface area contributed by atoms with Crippen molar-refractivity contribution in [2.24, 2.45) is 5.14 Å². The maximum absolute atomic E-state index is 11.8. The lowest BCUT2D eigenvalue weighted by Crippen LogP contribution is -2.32. The van der Waals surface area contributed by atoms with Gasteiger partial charge in [-0.2, -0.15) is 0 Å². The molecule has 0 aromatic heterocycles. The van der Waals surface area contributed by atoms with E-state index in [0.29, 0.717) is 6.54 Å². The van der Waals surface area contributed by atoms with Gasteiger partial charge in [0.05, 0.1) is 0 Å². The summed E-state index contributed by atoms with van der Waals surface area (Å²) in [5, 5.41) is 4.31. The molecule has 1 amide bonds. The number of hydrogen-bond donors (Lipinski definition) is 1. The molecule has 1 heterocycles. The van der Waals surface area contributed by atoms with Crippen LogP contribution in [0.3, 0.4) is 0 Å². The van der Waals surface area contributed by atoms with Gasteiger partial charge in [-0.1, -0.05) is 22.0 Å². The van der Waals surface area contributed by atoms with E-state index in [1.807, 2.05) is 25.1 Å². The number of primary sulfonamides is 1. The second kappa shape index (κ2) is 5.22. The molecule has 0 radical (unpaired) electrons. The molecule has 1 unspecified atom stereocenters. The van der Waals surface area contributed by atoms with E-state index in [-0.39, 0.29) is 18.9 Å². The number of halogens is 1. The summed E-state index contributed by atoms with van der Waals surface area (Å²) in [5.74, 6) is -0.165. The van der Waals surface area contributed by atoms with Gasteiger partial charge in [-0.3, -0.25) is 4.79 Å². The lowest BCUT2D eigenvalue weighted by Gasteiger charge is -2.17. The summed E-state index contributed by atoms with van der Waals surface area (Å²) in [5.41, 5.74) is 2.06. The number of hydrogen-bond acceptors (Lipinski definition) is 3. The van der Waals surface area contributed by atoms with Gasteiger partial charge in [0.25, 0.3) is 0 Å². The number of benzene rings is 1. The molecule has 1 aromatic carbocycles. The third kappa shape index (κ3) is 3.34. The molecule has 1 fully saturated rings. The Morgan fingerprint density at radius 1 is 1.47 bits per heavy atom. The average molecular weight is 347 g/mol. The topological polar surface area (TPSA) is 80.5 Å². The maximum Gasteiger partial charge on any atom is 0.224 e. The van der Waals surface area contributed by atoms with Crippen LogP contribution in [0.4, 0.5) is 0 Å². The summed E-state index contributed by atoms with van der Waals surface area (Å²) in [6, 6.07) is 5.80. The molecule has 2 N–H and O–H groups in total. The van der Waals surface area contributed by atoms with Crippen LogP contribution in [0.5, 0.6) is 0 Å². The van der Waals surface area contributed by atoms with Gasteiger partial charge >= 0.3 is 0 Å². The third-order valence-electron chi connectivity index (χ3n) is 3.31. The van der Waals surface area contributed by atoms with E-state index in [1.165, 1.54) is 0 Å². The molecule has 0 saturated carbocycles. The highest BCUT2D eigenvalue weighted by Crippen LogP contribution is 2.22. The molecule has 7 heteroatoms. The Hall–Kier alpha value is -0.920. The van der Waals surface area contributed by atoms with Crippen LogP contribution in [0.2, 0.25) is 0 Å². The van der Waals surface area contributed by atoms with Crippen molar-refractivity contribution in [3.05, 3.63) is 33.8 Å². The Morgan fingerprint density at radius 2 is 2.16 bits per heavy atom. The van der Waals surface area contributed by atoms with Gasteiger partial charge in [-0.25, -0.2) is 13.6 Å². The van der Waals surface area contributed by atoms with Crippen LogP contribution < -0.4 is 5.14 Å². The fourth-order valence-electron chi connectivity index (χ4n) is 2.15. The van der Waals surface area contributed by atoms with Crippen molar-refractivity contribution in [3.63, 3.8) is 0 Å². The summed E-state index contributed by atoms with van der Waals surface area (Å²) in [6.45, 7) is 2.55. The quantitative estimate of drug-likeness (QED) is 0.891. The van der Waals surface area contributed by atoms with Gasteiger partial charge in [-0.15, -0.1) is 0 Å². The van der Waals surface area contributed by atoms with Gasteiger partial charge in [0.1, 0.15) is 5.25 Å². The van der Waals surface area contributed by atoms with Crippen molar-refractivity contribution in [2.75, 3.05) is 6.54 Å². The number of likely N-dealkylation sites (tertiary alicyclic amines) is 1. The van der Waals surface area contributed by atoms with Gasteiger partial charge in [0.2, 0.25) is 15.9 Å². The molecule has 0 spiro atoms. The van der Waals surface area contributed by atoms with E-state index in [4.69, 9.17) is 5.14 Å². The number of carbonyl (C=O) groups excluding carboxylic acids is 1. The number of sulfonamides is 1. The highest BCUT2D eigenvalue weighted by molar-refractivity contribution is 9.10. The number of aryl methyl sites for hydroxylation is 1. The molecule has 5 nitrogen and oxygen atoms in total. The van der Waals surface area contributed by atoms with Crippen LogP contribution in [-0.2, 0) is 21.4 Å². The first-order valence-electron chi connectivity index (χ1n) is 5.82. The van der Waals surface area contributed by atoms with Crippen LogP contribution in [0.15, 0.2) is 22.7 Å². The largest absolute Gasteiger partial charge is 0.337 e. The van der Waals surface area contributed by atoms with Gasteiger partial charge in [0, 0.05) is 24.0 Å². The lowest BCUT2D eigenvalue weighted by atomic mass is 10.1. The van der Waals surface area contributed by atoms with Crippen molar-refractivity contribution in [1.29, 1.82) is 0 Å². The molecule has 1 aromatic rings. The average Bonchev–Trinajstić information content (AvgIpc) is 2.64. The highest BCUT2D eigenvalue weighted by Gasteiger charge is 2.36. The summed E-state index contributed by atoms with van der Waals surface area (Å²) in [4.78, 5) is 13.4. The number of amides is 1. The Morgan fingerprint density at radius 3 is 2.68 bits per heavy atom. The first kappa shape index (κ1) is 14.5. The fraction of sp³-hybridized carbons (Fsp3) is 0.417. The van der Waals surface area contributed by atoms with Crippen LogP contribution >= 0.6 is 15.9 Å². The zero-order valence-corrected chi connectivity index (χ0v) is 12.9. The Labute approximate surface area is 121 Å². The van der Waals surface area contributed by atoms with Crippen LogP contribution in [-0.4, -0.2) is 31.0 Å². The van der Waals surface area contributed by atoms with Gasteiger partial charge < -0.3 is 4.90 Å². The molecule has 1 aliphatic rings. The summed E-state index contributed by atoms with van der Waals surface area (Å²) in [6.07, 6.45) is -0.0194. The van der Waals surface area contributed by atoms with Crippen LogP contribution in [0, 0.1) is 6.92 Å². The monoisotopic (exact) mass is 346 g/mol. The first-order chi connectivity index (χ1) is 8.77. The lowest BCUT2D eigenvalue weighted by molar-refractivity contribution is -0.128. The van der Waals surface area contributed by atoms with E-state index >= 15 is 0 Å². The molecule has 104 valence electrons. The van der Waals surface area contributed by atoms with E-state index < -0.39 is 15.3 Å². The minimum absolute atomic E-state index is 0.0194. The van der Waals surface area contributed by atoms with Crippen molar-refractivity contribution in [1.82, 2.24) is 4.90 Å². The third-order valence-corrected chi connectivity index (χ3v) is 5.05. The van der Waals surface area contributed by atoms with E-state index in [9.17, 15) is 13.2 Å². The van der Waals surface area contributed by atoms with Gasteiger partial charge in [-0.05, 0) is 30.2 Å². The zero-order chi connectivity index (χ0) is 14.2. The molecule has 1 saturated heterocycles. The molecular weight excluding hydrogens is 332 g/mol. The molecule has 1 aliphatic heterocycles. The summed E-state index contributed by atoms with van der Waals surface area (Å²) < 4.78 is 23.5. The summed E-state index contributed by atoms with van der Waals surface area (Å²) >= 11 is 3.38. The number of carbonyl (C=O) groups is 1. The Balaban J connectivity index is 2.14. The minimum atomic E-state index is -3.65. The second-order valence-electron chi connectivity index (χ2n) is 4.76. The van der Waals surface area contributed by atoms with E-state index in [1.54, 1.807) is 4.90 Å². The standard InChI is InChI=1S/C12H15BrN2O3S/c1-8-4-10(13)3-2-9(8)6-15-7-11(5-12(15)16)19(14,17)18/h2-4,11H,5-7H2,1H3,(H2,14,17,18). The predicted octanol–water partition coefficient (Wildman–Crippen LogP) is 1.15. The SMILES string of the molecule is Cc1cc(Br)ccc1CN1CC(S(N)(=O)=O)CC1=O.